The van der Waals surface area contributed by atoms with E-state index in [9.17, 15) is 15.3 Å². The van der Waals surface area contributed by atoms with Crippen LogP contribution in [0.25, 0.3) is 0 Å². The molecular weight excluding hydrogens is 1020 g/mol. The molecular formula is C68H86N2O11. The van der Waals surface area contributed by atoms with Crippen LogP contribution in [0.4, 0.5) is 0 Å². The van der Waals surface area contributed by atoms with Crippen LogP contribution in [-0.2, 0) is 51.8 Å². The van der Waals surface area contributed by atoms with Crippen LogP contribution in [0.5, 0.6) is 0 Å². The number of carbonyl (C=O) groups excluding carboxylic acids is 3. The van der Waals surface area contributed by atoms with Gasteiger partial charge in [0, 0.05) is 46.7 Å². The van der Waals surface area contributed by atoms with Gasteiger partial charge >= 0.3 is 11.9 Å². The molecule has 0 radical (unpaired) electrons. The van der Waals surface area contributed by atoms with Gasteiger partial charge in [0.15, 0.2) is 17.5 Å². The number of furan rings is 1. The van der Waals surface area contributed by atoms with Gasteiger partial charge in [0.1, 0.15) is 24.1 Å². The van der Waals surface area contributed by atoms with Crippen molar-refractivity contribution in [2.24, 2.45) is 85.8 Å². The molecule has 4 N–H and O–H groups in total. The lowest BCUT2D eigenvalue weighted by molar-refractivity contribution is -0.301. The molecule has 1 aromatic carbocycles. The van der Waals surface area contributed by atoms with Gasteiger partial charge in [-0.05, 0) is 193 Å². The van der Waals surface area contributed by atoms with E-state index in [2.05, 4.69) is 71.6 Å². The maximum atomic E-state index is 16.7. The molecule has 4 bridgehead atoms. The molecule has 0 amide bonds. The standard InChI is InChI=1S/C68H86N2O11/c1-60(2)54-53(73)55(74)67-48-31-41(30-40-10-5-4-6-11-40)13-14-42(48)12-9-22-66(47-19-29-77-51(47)33-46(50(72)35-71)43-15-16-45-44(32-43)18-28-70-39-69-34-49(45)70)61(3,68(67)56(79-68)57(75)80-66)23-17-52(67)65(54)38-78-59(76)64(58(65)81-60)27-26-63(37-64)25-24-62(36-63)20-7-8-21-62/h4-6,10-11,18-19,28-29,41-46,48-50,52,54-56,58,69,71-72,74H,7-8,13-17,20-27,30-39H2,1-3H3. The molecule has 21 atom stereocenters. The van der Waals surface area contributed by atoms with Gasteiger partial charge < -0.3 is 43.6 Å². The van der Waals surface area contributed by atoms with Crippen molar-refractivity contribution in [1.29, 1.82) is 0 Å². The minimum atomic E-state index is -1.56. The second-order valence-corrected chi connectivity index (χ2v) is 30.5. The van der Waals surface area contributed by atoms with E-state index in [0.717, 1.165) is 71.0 Å². The van der Waals surface area contributed by atoms with Crippen LogP contribution in [0.15, 0.2) is 59.4 Å². The normalized spacial score (nSPS) is 48.7. The van der Waals surface area contributed by atoms with E-state index in [0.29, 0.717) is 73.1 Å². The Morgan fingerprint density at radius 1 is 0.889 bits per heavy atom. The number of allylic oxidation sites excluding steroid dienone is 1. The molecule has 7 saturated carbocycles. The van der Waals surface area contributed by atoms with E-state index in [-0.39, 0.29) is 59.8 Å². The molecule has 1 aromatic heterocycles. The van der Waals surface area contributed by atoms with Crippen LogP contribution >= 0.6 is 0 Å². The molecule has 434 valence electrons. The first-order valence-electron chi connectivity index (χ1n) is 32.0. The molecule has 21 unspecified atom stereocenters. The first-order valence-corrected chi connectivity index (χ1v) is 32.0. The van der Waals surface area contributed by atoms with Crippen molar-refractivity contribution in [1.82, 2.24) is 10.2 Å². The summed E-state index contributed by atoms with van der Waals surface area (Å²) in [6.45, 7) is 7.68. The monoisotopic (exact) mass is 1110 g/mol. The molecule has 16 rings (SSSR count). The minimum absolute atomic E-state index is 0.00646. The zero-order valence-electron chi connectivity index (χ0n) is 48.0. The molecule has 81 heavy (non-hydrogen) atoms. The highest BCUT2D eigenvalue weighted by atomic mass is 16.7. The Balaban J connectivity index is 0.846. The lowest BCUT2D eigenvalue weighted by Crippen LogP contribution is -2.81. The number of ketones is 1. The van der Waals surface area contributed by atoms with Gasteiger partial charge in [-0.3, -0.25) is 14.9 Å². The smallest absolute Gasteiger partial charge is 0.339 e. The predicted octanol–water partition coefficient (Wildman–Crippen LogP) is 8.74. The van der Waals surface area contributed by atoms with E-state index >= 15 is 14.4 Å². The fraction of sp³-hybridized carbons (Fsp3) is 0.750. The molecule has 8 aliphatic carbocycles. The number of carbonyl (C=O) groups is 3. The van der Waals surface area contributed by atoms with Crippen molar-refractivity contribution in [3.63, 3.8) is 0 Å². The fourth-order valence-electron chi connectivity index (χ4n) is 24.1. The molecule has 6 aliphatic heterocycles. The highest BCUT2D eigenvalue weighted by Crippen LogP contribution is 2.85. The third-order valence-electron chi connectivity index (χ3n) is 27.1. The number of rotatable bonds is 8. The van der Waals surface area contributed by atoms with Crippen LogP contribution in [0, 0.1) is 97.6 Å². The number of benzene rings is 1. The lowest BCUT2D eigenvalue weighted by Gasteiger charge is -2.72. The van der Waals surface area contributed by atoms with Crippen LogP contribution < -0.4 is 5.32 Å². The van der Waals surface area contributed by atoms with Crippen molar-refractivity contribution < 1.29 is 53.1 Å². The summed E-state index contributed by atoms with van der Waals surface area (Å²) in [5.41, 5.74) is -6.14. The number of epoxide rings is 1. The first kappa shape index (κ1) is 52.5. The first-order chi connectivity index (χ1) is 39.0. The van der Waals surface area contributed by atoms with Crippen molar-refractivity contribution in [3.8, 4) is 11.8 Å². The summed E-state index contributed by atoms with van der Waals surface area (Å²) in [7, 11) is 0. The zero-order chi connectivity index (χ0) is 55.3. The van der Waals surface area contributed by atoms with Crippen molar-refractivity contribution in [2.45, 2.75) is 203 Å². The number of Topliss-reactive ketones (excluding diaryl/α,β-unsaturated/α-hetero) is 1. The second-order valence-electron chi connectivity index (χ2n) is 30.5. The molecule has 12 fully saturated rings. The topological polar surface area (TPSA) is 181 Å². The summed E-state index contributed by atoms with van der Waals surface area (Å²) in [6.07, 6.45) is 20.2. The van der Waals surface area contributed by atoms with E-state index in [1.807, 2.05) is 19.9 Å². The number of hydrogen-bond acceptors (Lipinski definition) is 13. The SMILES string of the molecule is CC1(C)OC2C3(CCC4(CCC5(CCCC5)C4)C3)C(=O)OCC23C1C(=O)C(O)C12C4CC(Cc5ccccc5)CCC4C#CCC4(c5ccoc5CC(C(O)CO)C5CCC6C(C=CN7CNCC67)C5)OC(=O)C5OC51C4(C)CCC32. The van der Waals surface area contributed by atoms with Gasteiger partial charge in [0.05, 0.1) is 55.1 Å². The van der Waals surface area contributed by atoms with E-state index < -0.39 is 87.3 Å². The average Bonchev–Trinajstić information content (AvgIpc) is 1.54. The molecule has 13 nitrogen and oxygen atoms in total. The molecule has 13 heteroatoms. The van der Waals surface area contributed by atoms with Crippen molar-refractivity contribution >= 4 is 17.7 Å². The quantitative estimate of drug-likeness (QED) is 0.112. The summed E-state index contributed by atoms with van der Waals surface area (Å²) in [5, 5.41) is 40.6. The molecule has 5 saturated heterocycles. The number of fused-ring (bicyclic) bond motifs is 5. The fourth-order valence-corrected chi connectivity index (χ4v) is 24.1. The lowest BCUT2D eigenvalue weighted by atomic mass is 9.30. The number of esters is 2. The van der Waals surface area contributed by atoms with E-state index in [1.54, 1.807) is 6.26 Å². The Hall–Kier alpha value is -4.03. The Kier molecular flexibility index (Phi) is 11.5. The average molecular weight is 1110 g/mol. The van der Waals surface area contributed by atoms with Gasteiger partial charge in [0.2, 0.25) is 0 Å². The highest BCUT2D eigenvalue weighted by molar-refractivity contribution is 5.93. The van der Waals surface area contributed by atoms with E-state index in [4.69, 9.17) is 23.4 Å². The number of aliphatic hydroxyl groups excluding tert-OH is 3. The molecule has 7 heterocycles. The van der Waals surface area contributed by atoms with Gasteiger partial charge in [-0.1, -0.05) is 68.0 Å². The maximum Gasteiger partial charge on any atom is 0.339 e. The van der Waals surface area contributed by atoms with E-state index in [1.165, 1.54) is 37.7 Å². The largest absolute Gasteiger partial charge is 0.469 e. The van der Waals surface area contributed by atoms with Crippen molar-refractivity contribution in [2.75, 3.05) is 26.4 Å². The number of aliphatic hydroxyl groups is 3. The maximum absolute atomic E-state index is 16.7. The van der Waals surface area contributed by atoms with Crippen LogP contribution in [0.3, 0.4) is 0 Å². The van der Waals surface area contributed by atoms with Crippen LogP contribution in [0.2, 0.25) is 0 Å². The third kappa shape index (κ3) is 6.71. The highest BCUT2D eigenvalue weighted by Gasteiger charge is 2.96. The van der Waals surface area contributed by atoms with Crippen LogP contribution in [0.1, 0.15) is 160 Å². The minimum Gasteiger partial charge on any atom is -0.469 e. The number of cyclic esters (lactones) is 1. The number of hydrogen-bond donors (Lipinski definition) is 4. The molecule has 14 aliphatic rings. The summed E-state index contributed by atoms with van der Waals surface area (Å²) in [6, 6.07) is 13.0. The Morgan fingerprint density at radius 3 is 2.53 bits per heavy atom. The predicted molar refractivity (Wildman–Crippen MR) is 297 cm³/mol. The number of ether oxygens (including phenoxy) is 4. The van der Waals surface area contributed by atoms with Gasteiger partial charge in [-0.25, -0.2) is 4.79 Å². The summed E-state index contributed by atoms with van der Waals surface area (Å²) >= 11 is 0. The zero-order valence-corrected chi connectivity index (χ0v) is 48.0. The summed E-state index contributed by atoms with van der Waals surface area (Å²) < 4.78 is 35.8. The molecule has 2 aromatic rings. The molecule has 6 spiro atoms. The van der Waals surface area contributed by atoms with Gasteiger partial charge in [-0.15, -0.1) is 0 Å². The van der Waals surface area contributed by atoms with Gasteiger partial charge in [-0.2, -0.15) is 0 Å². The third-order valence-corrected chi connectivity index (χ3v) is 27.1. The van der Waals surface area contributed by atoms with Crippen LogP contribution in [-0.4, -0.2) is 106 Å². The Bertz CT molecular complexity index is 3010. The Labute approximate surface area is 477 Å². The number of nitrogens with one attached hydrogen (secondary N) is 1. The second kappa shape index (κ2) is 17.8. The number of nitrogens with zero attached hydrogens (tertiary/aromatic N) is 1. The van der Waals surface area contributed by atoms with Gasteiger partial charge in [0.25, 0.3) is 0 Å². The summed E-state index contributed by atoms with van der Waals surface area (Å²) in [4.78, 5) is 50.1. The van der Waals surface area contributed by atoms with Crippen molar-refractivity contribution in [3.05, 3.63) is 71.8 Å². The summed E-state index contributed by atoms with van der Waals surface area (Å²) in [5.74, 6) is 6.11. The Morgan fingerprint density at radius 2 is 1.70 bits per heavy atom.